The van der Waals surface area contributed by atoms with E-state index in [1.165, 1.54) is 47.5 Å². The lowest BCUT2D eigenvalue weighted by Crippen LogP contribution is -2.13. The number of hydrogen-bond acceptors (Lipinski definition) is 2. The zero-order valence-electron chi connectivity index (χ0n) is 12.1. The zero-order chi connectivity index (χ0) is 13.2. The van der Waals surface area contributed by atoms with Gasteiger partial charge in [-0.2, -0.15) is 0 Å². The summed E-state index contributed by atoms with van der Waals surface area (Å²) >= 11 is 2.00. The van der Waals surface area contributed by atoms with E-state index in [0.29, 0.717) is 0 Å². The van der Waals surface area contributed by atoms with Crippen LogP contribution in [0, 0.1) is 6.92 Å². The molecule has 0 radical (unpaired) electrons. The monoisotopic (exact) mass is 265 g/mol. The highest BCUT2D eigenvalue weighted by atomic mass is 32.2. The van der Waals surface area contributed by atoms with Gasteiger partial charge in [0.15, 0.2) is 0 Å². The number of thioether (sulfide) groups is 1. The maximum atomic E-state index is 3.45. The van der Waals surface area contributed by atoms with Gasteiger partial charge in [0, 0.05) is 11.4 Å². The molecule has 0 spiro atoms. The van der Waals surface area contributed by atoms with Gasteiger partial charge in [-0.05, 0) is 49.3 Å². The predicted octanol–water partition coefficient (Wildman–Crippen LogP) is 4.78. The van der Waals surface area contributed by atoms with Gasteiger partial charge in [-0.1, -0.05) is 38.8 Å². The van der Waals surface area contributed by atoms with Gasteiger partial charge >= 0.3 is 0 Å². The fraction of sp³-hybridized carbons (Fsp3) is 0.625. The number of unbranched alkanes of at least 4 members (excludes halogenated alkanes) is 2. The molecule has 1 nitrogen and oxygen atoms in total. The fourth-order valence-corrected chi connectivity index (χ4v) is 2.95. The summed E-state index contributed by atoms with van der Waals surface area (Å²) in [5.74, 6) is 1.25. The predicted molar refractivity (Wildman–Crippen MR) is 83.4 cm³/mol. The van der Waals surface area contributed by atoms with Gasteiger partial charge < -0.3 is 5.32 Å². The van der Waals surface area contributed by atoms with E-state index in [1.807, 2.05) is 11.8 Å². The van der Waals surface area contributed by atoms with Crippen molar-refractivity contribution in [1.82, 2.24) is 5.32 Å². The summed E-state index contributed by atoms with van der Waals surface area (Å²) in [5, 5.41) is 3.45. The maximum absolute atomic E-state index is 3.45. The number of nitrogens with one attached hydrogen (secondary N) is 1. The van der Waals surface area contributed by atoms with Crippen LogP contribution in [-0.2, 0) is 6.54 Å². The third-order valence-corrected chi connectivity index (χ3v) is 4.26. The SMILES string of the molecule is CCCCCSc1ccc(CNCCC)cc1C. The highest BCUT2D eigenvalue weighted by Crippen LogP contribution is 2.24. The van der Waals surface area contributed by atoms with Gasteiger partial charge in [0.25, 0.3) is 0 Å². The molecule has 0 amide bonds. The third-order valence-electron chi connectivity index (χ3n) is 3.00. The lowest BCUT2D eigenvalue weighted by atomic mass is 10.1. The number of hydrogen-bond donors (Lipinski definition) is 1. The Bertz CT molecular complexity index is 336. The minimum absolute atomic E-state index is 0.995. The summed E-state index contributed by atoms with van der Waals surface area (Å²) in [7, 11) is 0. The Morgan fingerprint density at radius 2 is 1.94 bits per heavy atom. The minimum atomic E-state index is 0.995. The van der Waals surface area contributed by atoms with E-state index < -0.39 is 0 Å². The molecule has 0 saturated heterocycles. The van der Waals surface area contributed by atoms with Crippen molar-refractivity contribution in [3.05, 3.63) is 29.3 Å². The van der Waals surface area contributed by atoms with E-state index in [9.17, 15) is 0 Å². The molecule has 0 aliphatic heterocycles. The average Bonchev–Trinajstić information content (AvgIpc) is 2.37. The second-order valence-corrected chi connectivity index (χ2v) is 5.97. The van der Waals surface area contributed by atoms with Crippen LogP contribution in [0.1, 0.15) is 50.7 Å². The average molecular weight is 265 g/mol. The number of benzene rings is 1. The normalized spacial score (nSPS) is 10.8. The Kier molecular flexibility index (Phi) is 8.19. The van der Waals surface area contributed by atoms with Crippen molar-refractivity contribution < 1.29 is 0 Å². The molecule has 1 rings (SSSR count). The molecule has 1 aromatic carbocycles. The minimum Gasteiger partial charge on any atom is -0.313 e. The maximum Gasteiger partial charge on any atom is 0.0205 e. The van der Waals surface area contributed by atoms with Crippen LogP contribution in [0.2, 0.25) is 0 Å². The lowest BCUT2D eigenvalue weighted by molar-refractivity contribution is 0.675. The van der Waals surface area contributed by atoms with Gasteiger partial charge in [-0.25, -0.2) is 0 Å². The van der Waals surface area contributed by atoms with E-state index >= 15 is 0 Å². The summed E-state index contributed by atoms with van der Waals surface area (Å²) in [5.41, 5.74) is 2.83. The molecule has 0 heterocycles. The topological polar surface area (TPSA) is 12.0 Å². The summed E-state index contributed by atoms with van der Waals surface area (Å²) in [6.07, 6.45) is 5.19. The van der Waals surface area contributed by atoms with Crippen molar-refractivity contribution >= 4 is 11.8 Å². The van der Waals surface area contributed by atoms with Crippen LogP contribution in [0.25, 0.3) is 0 Å². The van der Waals surface area contributed by atoms with Crippen molar-refractivity contribution in [3.63, 3.8) is 0 Å². The summed E-state index contributed by atoms with van der Waals surface area (Å²) in [4.78, 5) is 1.45. The first-order valence-electron chi connectivity index (χ1n) is 7.21. The zero-order valence-corrected chi connectivity index (χ0v) is 12.9. The number of rotatable bonds is 9. The molecular weight excluding hydrogens is 238 g/mol. The Hall–Kier alpha value is -0.470. The molecule has 0 fully saturated rings. The Morgan fingerprint density at radius 1 is 1.11 bits per heavy atom. The smallest absolute Gasteiger partial charge is 0.0205 e. The van der Waals surface area contributed by atoms with E-state index in [0.717, 1.165) is 13.1 Å². The molecule has 1 aromatic rings. The highest BCUT2D eigenvalue weighted by Gasteiger charge is 2.01. The molecule has 2 heteroatoms. The molecule has 102 valence electrons. The van der Waals surface area contributed by atoms with Crippen LogP contribution in [0.4, 0.5) is 0 Å². The van der Waals surface area contributed by atoms with E-state index in [-0.39, 0.29) is 0 Å². The van der Waals surface area contributed by atoms with Crippen LogP contribution in [0.5, 0.6) is 0 Å². The Morgan fingerprint density at radius 3 is 2.61 bits per heavy atom. The van der Waals surface area contributed by atoms with Gasteiger partial charge in [0.1, 0.15) is 0 Å². The van der Waals surface area contributed by atoms with Crippen LogP contribution < -0.4 is 5.32 Å². The standard InChI is InChI=1S/C16H27NS/c1-4-6-7-11-18-16-9-8-15(12-14(16)3)13-17-10-5-2/h8-9,12,17H,4-7,10-11,13H2,1-3H3. The van der Waals surface area contributed by atoms with Crippen LogP contribution in [0.15, 0.2) is 23.1 Å². The van der Waals surface area contributed by atoms with E-state index in [4.69, 9.17) is 0 Å². The van der Waals surface area contributed by atoms with Crippen molar-refractivity contribution in [1.29, 1.82) is 0 Å². The molecule has 0 aliphatic rings. The second kappa shape index (κ2) is 9.46. The van der Waals surface area contributed by atoms with Gasteiger partial charge in [0.2, 0.25) is 0 Å². The van der Waals surface area contributed by atoms with Gasteiger partial charge in [-0.3, -0.25) is 0 Å². The largest absolute Gasteiger partial charge is 0.313 e. The van der Waals surface area contributed by atoms with E-state index in [2.05, 4.69) is 44.3 Å². The molecule has 0 unspecified atom stereocenters. The summed E-state index contributed by atoms with van der Waals surface area (Å²) < 4.78 is 0. The van der Waals surface area contributed by atoms with Crippen molar-refractivity contribution in [2.45, 2.75) is 57.9 Å². The molecule has 0 aliphatic carbocycles. The summed E-state index contributed by atoms with van der Waals surface area (Å²) in [6.45, 7) is 8.79. The molecule has 0 bridgehead atoms. The fourth-order valence-electron chi connectivity index (χ4n) is 1.93. The first kappa shape index (κ1) is 15.6. The van der Waals surface area contributed by atoms with Crippen LogP contribution >= 0.6 is 11.8 Å². The van der Waals surface area contributed by atoms with Gasteiger partial charge in [0.05, 0.1) is 0 Å². The van der Waals surface area contributed by atoms with Crippen molar-refractivity contribution in [2.24, 2.45) is 0 Å². The lowest BCUT2D eigenvalue weighted by Gasteiger charge is -2.09. The molecule has 0 aromatic heterocycles. The Balaban J connectivity index is 2.41. The summed E-state index contributed by atoms with van der Waals surface area (Å²) in [6, 6.07) is 6.87. The third kappa shape index (κ3) is 5.92. The molecule has 1 N–H and O–H groups in total. The first-order chi connectivity index (χ1) is 8.77. The molecule has 0 saturated carbocycles. The van der Waals surface area contributed by atoms with Crippen LogP contribution in [0.3, 0.4) is 0 Å². The molecule has 18 heavy (non-hydrogen) atoms. The van der Waals surface area contributed by atoms with Crippen molar-refractivity contribution in [3.8, 4) is 0 Å². The number of aryl methyl sites for hydroxylation is 1. The van der Waals surface area contributed by atoms with Crippen LogP contribution in [-0.4, -0.2) is 12.3 Å². The molecular formula is C16H27NS. The van der Waals surface area contributed by atoms with E-state index in [1.54, 1.807) is 0 Å². The van der Waals surface area contributed by atoms with Crippen molar-refractivity contribution in [2.75, 3.05) is 12.3 Å². The molecule has 0 atom stereocenters. The quantitative estimate of drug-likeness (QED) is 0.509. The first-order valence-corrected chi connectivity index (χ1v) is 8.19. The second-order valence-electron chi connectivity index (χ2n) is 4.83. The van der Waals surface area contributed by atoms with Gasteiger partial charge in [-0.15, -0.1) is 11.8 Å². The highest BCUT2D eigenvalue weighted by molar-refractivity contribution is 7.99. The Labute approximate surface area is 117 Å².